The van der Waals surface area contributed by atoms with E-state index in [0.717, 1.165) is 40.0 Å². The van der Waals surface area contributed by atoms with Gasteiger partial charge in [-0.2, -0.15) is 5.10 Å². The number of halogens is 1. The van der Waals surface area contributed by atoms with Crippen LogP contribution < -0.4 is 5.32 Å². The number of aryl methyl sites for hydroxylation is 2. The Morgan fingerprint density at radius 3 is 2.79 bits per heavy atom. The summed E-state index contributed by atoms with van der Waals surface area (Å²) in [6, 6.07) is 11.5. The van der Waals surface area contributed by atoms with E-state index in [1.165, 1.54) is 4.88 Å². The zero-order valence-corrected chi connectivity index (χ0v) is 17.8. The molecule has 7 heteroatoms. The monoisotopic (exact) mass is 424 g/mol. The second kappa shape index (κ2) is 8.35. The Kier molecular flexibility index (Phi) is 5.65. The SMILES string of the molecule is CCc1ccc(-c2cc(C(=O)NCc3cnn(CC)c3)c3cc(Cl)ccc3n2)s1. The minimum Gasteiger partial charge on any atom is -0.348 e. The number of aromatic nitrogens is 3. The lowest BCUT2D eigenvalue weighted by Gasteiger charge is -2.10. The molecule has 0 radical (unpaired) electrons. The van der Waals surface area contributed by atoms with E-state index in [9.17, 15) is 4.79 Å². The van der Waals surface area contributed by atoms with Gasteiger partial charge < -0.3 is 5.32 Å². The Morgan fingerprint density at radius 1 is 1.21 bits per heavy atom. The quantitative estimate of drug-likeness (QED) is 0.455. The zero-order valence-electron chi connectivity index (χ0n) is 16.3. The van der Waals surface area contributed by atoms with E-state index in [4.69, 9.17) is 16.6 Å². The number of pyridine rings is 1. The van der Waals surface area contributed by atoms with Crippen LogP contribution in [-0.2, 0) is 19.5 Å². The van der Waals surface area contributed by atoms with Crippen molar-refractivity contribution in [1.82, 2.24) is 20.1 Å². The summed E-state index contributed by atoms with van der Waals surface area (Å²) in [5, 5.41) is 8.57. The van der Waals surface area contributed by atoms with Crippen LogP contribution in [0.4, 0.5) is 0 Å². The third kappa shape index (κ3) is 4.18. The number of nitrogens with zero attached hydrogens (tertiary/aromatic N) is 3. The fourth-order valence-electron chi connectivity index (χ4n) is 3.17. The molecule has 4 rings (SSSR count). The maximum Gasteiger partial charge on any atom is 0.252 e. The minimum absolute atomic E-state index is 0.155. The normalized spacial score (nSPS) is 11.1. The molecule has 0 bridgehead atoms. The maximum absolute atomic E-state index is 13.1. The van der Waals surface area contributed by atoms with E-state index in [0.29, 0.717) is 17.1 Å². The topological polar surface area (TPSA) is 59.8 Å². The molecule has 0 aliphatic heterocycles. The van der Waals surface area contributed by atoms with Crippen molar-refractivity contribution in [2.24, 2.45) is 0 Å². The summed E-state index contributed by atoms with van der Waals surface area (Å²) in [5.74, 6) is -0.155. The van der Waals surface area contributed by atoms with Gasteiger partial charge in [-0.25, -0.2) is 4.98 Å². The van der Waals surface area contributed by atoms with E-state index >= 15 is 0 Å². The standard InChI is InChI=1S/C22H21ClN4OS/c1-3-16-6-8-21(29-16)20-10-18(17-9-15(23)5-7-19(17)26-20)22(28)24-11-14-12-25-27(4-2)13-14/h5-10,12-13H,3-4,11H2,1-2H3,(H,24,28). The summed E-state index contributed by atoms with van der Waals surface area (Å²) in [6.45, 7) is 5.37. The average molecular weight is 425 g/mol. The smallest absolute Gasteiger partial charge is 0.252 e. The predicted octanol–water partition coefficient (Wildman–Crippen LogP) is 5.33. The highest BCUT2D eigenvalue weighted by molar-refractivity contribution is 7.15. The molecular formula is C22H21ClN4OS. The molecule has 0 aliphatic rings. The number of benzene rings is 1. The minimum atomic E-state index is -0.155. The number of hydrogen-bond acceptors (Lipinski definition) is 4. The first kappa shape index (κ1) is 19.6. The Bertz CT molecular complexity index is 1180. The van der Waals surface area contributed by atoms with Gasteiger partial charge in [0, 0.05) is 40.1 Å². The van der Waals surface area contributed by atoms with Crippen LogP contribution in [-0.4, -0.2) is 20.7 Å². The summed E-state index contributed by atoms with van der Waals surface area (Å²) >= 11 is 7.90. The molecule has 0 spiro atoms. The van der Waals surface area contributed by atoms with Crippen molar-refractivity contribution in [2.45, 2.75) is 33.4 Å². The van der Waals surface area contributed by atoms with Gasteiger partial charge in [0.1, 0.15) is 0 Å². The van der Waals surface area contributed by atoms with Crippen LogP contribution >= 0.6 is 22.9 Å². The van der Waals surface area contributed by atoms with Gasteiger partial charge in [-0.1, -0.05) is 18.5 Å². The van der Waals surface area contributed by atoms with Gasteiger partial charge in [0.15, 0.2) is 0 Å². The molecule has 148 valence electrons. The molecular weight excluding hydrogens is 404 g/mol. The number of rotatable bonds is 6. The van der Waals surface area contributed by atoms with Gasteiger partial charge in [-0.3, -0.25) is 9.48 Å². The van der Waals surface area contributed by atoms with Crippen LogP contribution in [0, 0.1) is 0 Å². The Labute approximate surface area is 178 Å². The predicted molar refractivity (Wildman–Crippen MR) is 119 cm³/mol. The van der Waals surface area contributed by atoms with Crippen LogP contribution in [0.15, 0.2) is 48.8 Å². The first-order valence-electron chi connectivity index (χ1n) is 9.56. The lowest BCUT2D eigenvalue weighted by Crippen LogP contribution is -2.23. The van der Waals surface area contributed by atoms with Crippen molar-refractivity contribution in [3.63, 3.8) is 0 Å². The third-order valence-corrected chi connectivity index (χ3v) is 6.23. The second-order valence-electron chi connectivity index (χ2n) is 6.72. The van der Waals surface area contributed by atoms with Crippen molar-refractivity contribution >= 4 is 39.7 Å². The van der Waals surface area contributed by atoms with Gasteiger partial charge in [0.05, 0.1) is 27.8 Å². The van der Waals surface area contributed by atoms with E-state index < -0.39 is 0 Å². The number of hydrogen-bond donors (Lipinski definition) is 1. The summed E-state index contributed by atoms with van der Waals surface area (Å²) in [5.41, 5.74) is 3.08. The Balaban J connectivity index is 1.70. The van der Waals surface area contributed by atoms with Crippen molar-refractivity contribution in [1.29, 1.82) is 0 Å². The molecule has 3 heterocycles. The summed E-state index contributed by atoms with van der Waals surface area (Å²) < 4.78 is 1.84. The first-order chi connectivity index (χ1) is 14.1. The van der Waals surface area contributed by atoms with E-state index in [2.05, 4.69) is 29.5 Å². The fraction of sp³-hybridized carbons (Fsp3) is 0.227. The summed E-state index contributed by atoms with van der Waals surface area (Å²) in [6.07, 6.45) is 4.69. The molecule has 1 amide bonds. The number of carbonyl (C=O) groups is 1. The Hall–Kier alpha value is -2.70. The highest BCUT2D eigenvalue weighted by atomic mass is 35.5. The van der Waals surface area contributed by atoms with Crippen LogP contribution in [0.25, 0.3) is 21.5 Å². The largest absolute Gasteiger partial charge is 0.348 e. The van der Waals surface area contributed by atoms with Crippen LogP contribution in [0.5, 0.6) is 0 Å². The van der Waals surface area contributed by atoms with Crippen molar-refractivity contribution < 1.29 is 4.79 Å². The molecule has 0 fully saturated rings. The average Bonchev–Trinajstić information content (AvgIpc) is 3.40. The van der Waals surface area contributed by atoms with Gasteiger partial charge in [-0.15, -0.1) is 11.3 Å². The molecule has 1 N–H and O–H groups in total. The number of fused-ring (bicyclic) bond motifs is 1. The maximum atomic E-state index is 13.1. The Morgan fingerprint density at radius 2 is 2.07 bits per heavy atom. The van der Waals surface area contributed by atoms with Crippen molar-refractivity contribution in [2.75, 3.05) is 0 Å². The third-order valence-electron chi connectivity index (χ3n) is 4.74. The van der Waals surface area contributed by atoms with Crippen LogP contribution in [0.1, 0.15) is 34.6 Å². The number of amides is 1. The molecule has 0 saturated carbocycles. The van der Waals surface area contributed by atoms with E-state index in [-0.39, 0.29) is 5.91 Å². The van der Waals surface area contributed by atoms with Crippen molar-refractivity contribution in [3.05, 3.63) is 69.8 Å². The highest BCUT2D eigenvalue weighted by Gasteiger charge is 2.15. The molecule has 0 saturated heterocycles. The van der Waals surface area contributed by atoms with Crippen LogP contribution in [0.2, 0.25) is 5.02 Å². The number of carbonyl (C=O) groups excluding carboxylic acids is 1. The fourth-order valence-corrected chi connectivity index (χ4v) is 4.25. The van der Waals surface area contributed by atoms with Crippen LogP contribution in [0.3, 0.4) is 0 Å². The molecule has 5 nitrogen and oxygen atoms in total. The summed E-state index contributed by atoms with van der Waals surface area (Å²) in [7, 11) is 0. The molecule has 1 aromatic carbocycles. The van der Waals surface area contributed by atoms with Crippen molar-refractivity contribution in [3.8, 4) is 10.6 Å². The molecule has 0 atom stereocenters. The summed E-state index contributed by atoms with van der Waals surface area (Å²) in [4.78, 5) is 20.2. The first-order valence-corrected chi connectivity index (χ1v) is 10.8. The second-order valence-corrected chi connectivity index (χ2v) is 8.33. The molecule has 4 aromatic rings. The lowest BCUT2D eigenvalue weighted by atomic mass is 10.1. The molecule has 0 aliphatic carbocycles. The van der Waals surface area contributed by atoms with Gasteiger partial charge in [0.25, 0.3) is 5.91 Å². The van der Waals surface area contributed by atoms with E-state index in [1.807, 2.05) is 29.9 Å². The zero-order chi connectivity index (χ0) is 20.4. The molecule has 29 heavy (non-hydrogen) atoms. The molecule has 0 unspecified atom stereocenters. The van der Waals surface area contributed by atoms with Gasteiger partial charge >= 0.3 is 0 Å². The van der Waals surface area contributed by atoms with Gasteiger partial charge in [0.2, 0.25) is 0 Å². The number of nitrogens with one attached hydrogen (secondary N) is 1. The molecule has 3 aromatic heterocycles. The lowest BCUT2D eigenvalue weighted by molar-refractivity contribution is 0.0952. The van der Waals surface area contributed by atoms with Gasteiger partial charge in [-0.05, 0) is 49.7 Å². The highest BCUT2D eigenvalue weighted by Crippen LogP contribution is 2.31. The van der Waals surface area contributed by atoms with E-state index in [1.54, 1.807) is 29.7 Å². The number of thiophene rings is 1.